The molecule has 5 heteroatoms. The summed E-state index contributed by atoms with van der Waals surface area (Å²) in [5, 5.41) is 3.04. The topological polar surface area (TPSA) is 47.0 Å². The van der Waals surface area contributed by atoms with Crippen molar-refractivity contribution < 1.29 is 4.74 Å². The van der Waals surface area contributed by atoms with Gasteiger partial charge in [-0.1, -0.05) is 6.07 Å². The van der Waals surface area contributed by atoms with Gasteiger partial charge in [-0.05, 0) is 47.6 Å². The van der Waals surface area contributed by atoms with Crippen molar-refractivity contribution in [1.29, 1.82) is 0 Å². The number of hydrogen-bond donors (Lipinski definition) is 1. The molecule has 0 bridgehead atoms. The number of ether oxygens (including phenoxy) is 1. The molecule has 0 amide bonds. The number of halogens is 1. The van der Waals surface area contributed by atoms with Gasteiger partial charge < -0.3 is 10.1 Å². The first-order valence-electron chi connectivity index (χ1n) is 5.58. The fourth-order valence-corrected chi connectivity index (χ4v) is 2.05. The van der Waals surface area contributed by atoms with Gasteiger partial charge in [-0.3, -0.25) is 0 Å². The van der Waals surface area contributed by atoms with E-state index in [9.17, 15) is 0 Å². The fourth-order valence-electron chi connectivity index (χ4n) is 1.48. The standard InChI is InChI=1S/C13H14BrN3O/c1-9-3-4-12(11(14)5-9)18-13-16-7-10(6-15-2)8-17-13/h3-5,7-8,15H,6H2,1-2H3. The number of aryl methyl sites for hydroxylation is 1. The smallest absolute Gasteiger partial charge is 0.321 e. The Kier molecular flexibility index (Phi) is 4.28. The van der Waals surface area contributed by atoms with Crippen LogP contribution in [0.1, 0.15) is 11.1 Å². The van der Waals surface area contributed by atoms with E-state index in [1.54, 1.807) is 12.4 Å². The number of hydrogen-bond acceptors (Lipinski definition) is 4. The molecule has 1 aromatic heterocycles. The maximum atomic E-state index is 5.61. The lowest BCUT2D eigenvalue weighted by molar-refractivity contribution is 0.438. The number of nitrogens with one attached hydrogen (secondary N) is 1. The van der Waals surface area contributed by atoms with Crippen LogP contribution in [0.3, 0.4) is 0 Å². The lowest BCUT2D eigenvalue weighted by atomic mass is 10.2. The molecule has 0 atom stereocenters. The van der Waals surface area contributed by atoms with Gasteiger partial charge in [0.25, 0.3) is 0 Å². The lowest BCUT2D eigenvalue weighted by Crippen LogP contribution is -2.06. The summed E-state index contributed by atoms with van der Waals surface area (Å²) in [5.74, 6) is 0.710. The van der Waals surface area contributed by atoms with Crippen LogP contribution in [-0.4, -0.2) is 17.0 Å². The van der Waals surface area contributed by atoms with Gasteiger partial charge in [-0.25, -0.2) is 9.97 Å². The van der Waals surface area contributed by atoms with Gasteiger partial charge in [0, 0.05) is 24.5 Å². The highest BCUT2D eigenvalue weighted by Gasteiger charge is 2.05. The largest absolute Gasteiger partial charge is 0.423 e. The van der Waals surface area contributed by atoms with Gasteiger partial charge in [-0.2, -0.15) is 0 Å². The zero-order valence-corrected chi connectivity index (χ0v) is 11.9. The van der Waals surface area contributed by atoms with Crippen LogP contribution in [0.15, 0.2) is 35.1 Å². The molecule has 2 aromatic rings. The number of nitrogens with zero attached hydrogens (tertiary/aromatic N) is 2. The monoisotopic (exact) mass is 307 g/mol. The number of benzene rings is 1. The first-order chi connectivity index (χ1) is 8.69. The predicted octanol–water partition coefficient (Wildman–Crippen LogP) is 3.06. The Morgan fingerprint density at radius 2 is 2.00 bits per heavy atom. The molecular formula is C13H14BrN3O. The molecule has 0 aliphatic rings. The maximum absolute atomic E-state index is 5.61. The third kappa shape index (κ3) is 3.27. The highest BCUT2D eigenvalue weighted by Crippen LogP contribution is 2.28. The lowest BCUT2D eigenvalue weighted by Gasteiger charge is -2.07. The second-order valence-corrected chi connectivity index (χ2v) is 4.79. The van der Waals surface area contributed by atoms with Crippen molar-refractivity contribution in [3.63, 3.8) is 0 Å². The second kappa shape index (κ2) is 5.93. The van der Waals surface area contributed by atoms with E-state index in [-0.39, 0.29) is 0 Å². The first-order valence-corrected chi connectivity index (χ1v) is 6.38. The minimum atomic E-state index is 0.347. The van der Waals surface area contributed by atoms with Crippen LogP contribution in [0, 0.1) is 6.92 Å². The fraction of sp³-hybridized carbons (Fsp3) is 0.231. The van der Waals surface area contributed by atoms with E-state index in [1.165, 1.54) is 5.56 Å². The molecule has 94 valence electrons. The number of aromatic nitrogens is 2. The highest BCUT2D eigenvalue weighted by molar-refractivity contribution is 9.10. The summed E-state index contributed by atoms with van der Waals surface area (Å²) in [4.78, 5) is 8.32. The van der Waals surface area contributed by atoms with Gasteiger partial charge in [0.15, 0.2) is 0 Å². The minimum absolute atomic E-state index is 0.347. The SMILES string of the molecule is CNCc1cnc(Oc2ccc(C)cc2Br)nc1. The van der Waals surface area contributed by atoms with Crippen molar-refractivity contribution in [2.75, 3.05) is 7.05 Å². The molecule has 0 unspecified atom stereocenters. The van der Waals surface area contributed by atoms with Gasteiger partial charge in [0.2, 0.25) is 0 Å². The third-order valence-electron chi connectivity index (χ3n) is 2.35. The third-order valence-corrected chi connectivity index (χ3v) is 2.97. The summed E-state index contributed by atoms with van der Waals surface area (Å²) in [6, 6.07) is 6.21. The molecular weight excluding hydrogens is 294 g/mol. The van der Waals surface area contributed by atoms with Crippen molar-refractivity contribution in [2.24, 2.45) is 0 Å². The van der Waals surface area contributed by atoms with Crippen LogP contribution in [0.2, 0.25) is 0 Å². The Morgan fingerprint density at radius 3 is 2.61 bits per heavy atom. The molecule has 0 fully saturated rings. The Balaban J connectivity index is 2.13. The van der Waals surface area contributed by atoms with Crippen molar-refractivity contribution >= 4 is 15.9 Å². The molecule has 1 N–H and O–H groups in total. The molecule has 1 aromatic carbocycles. The molecule has 0 aliphatic carbocycles. The Hall–Kier alpha value is -1.46. The molecule has 18 heavy (non-hydrogen) atoms. The van der Waals surface area contributed by atoms with E-state index >= 15 is 0 Å². The Bertz CT molecular complexity index is 528. The van der Waals surface area contributed by atoms with Crippen LogP contribution < -0.4 is 10.1 Å². The van der Waals surface area contributed by atoms with Crippen LogP contribution >= 0.6 is 15.9 Å². The van der Waals surface area contributed by atoms with Crippen LogP contribution in [0.4, 0.5) is 0 Å². The van der Waals surface area contributed by atoms with Crippen LogP contribution in [0.25, 0.3) is 0 Å². The Labute approximate surface area is 115 Å². The predicted molar refractivity (Wildman–Crippen MR) is 73.7 cm³/mol. The summed E-state index contributed by atoms with van der Waals surface area (Å²) in [6.45, 7) is 2.77. The summed E-state index contributed by atoms with van der Waals surface area (Å²) < 4.78 is 6.50. The van der Waals surface area contributed by atoms with Crippen molar-refractivity contribution in [2.45, 2.75) is 13.5 Å². The number of rotatable bonds is 4. The van der Waals surface area contributed by atoms with E-state index in [0.717, 1.165) is 16.6 Å². The average Bonchev–Trinajstić information content (AvgIpc) is 2.35. The van der Waals surface area contributed by atoms with Crippen molar-refractivity contribution in [1.82, 2.24) is 15.3 Å². The van der Waals surface area contributed by atoms with Gasteiger partial charge in [-0.15, -0.1) is 0 Å². The summed E-state index contributed by atoms with van der Waals surface area (Å²) >= 11 is 3.45. The van der Waals surface area contributed by atoms with Gasteiger partial charge in [0.05, 0.1) is 4.47 Å². The van der Waals surface area contributed by atoms with E-state index in [1.807, 2.05) is 32.2 Å². The van der Waals surface area contributed by atoms with E-state index in [2.05, 4.69) is 31.2 Å². The summed E-state index contributed by atoms with van der Waals surface area (Å²) in [6.07, 6.45) is 3.50. The molecule has 0 aliphatic heterocycles. The molecule has 0 saturated carbocycles. The zero-order valence-electron chi connectivity index (χ0n) is 10.3. The average molecular weight is 308 g/mol. The second-order valence-electron chi connectivity index (χ2n) is 3.94. The molecule has 4 nitrogen and oxygen atoms in total. The van der Waals surface area contributed by atoms with Crippen LogP contribution in [0.5, 0.6) is 11.8 Å². The molecule has 0 saturated heterocycles. The minimum Gasteiger partial charge on any atom is -0.423 e. The zero-order chi connectivity index (χ0) is 13.0. The summed E-state index contributed by atoms with van der Waals surface area (Å²) in [5.41, 5.74) is 2.19. The molecule has 2 rings (SSSR count). The maximum Gasteiger partial charge on any atom is 0.321 e. The molecule has 1 heterocycles. The van der Waals surface area contributed by atoms with E-state index in [4.69, 9.17) is 4.74 Å². The van der Waals surface area contributed by atoms with Gasteiger partial charge in [0.1, 0.15) is 5.75 Å². The normalized spacial score (nSPS) is 10.4. The van der Waals surface area contributed by atoms with E-state index in [0.29, 0.717) is 11.8 Å². The first kappa shape index (κ1) is 13.0. The van der Waals surface area contributed by atoms with E-state index < -0.39 is 0 Å². The Morgan fingerprint density at radius 1 is 1.28 bits per heavy atom. The summed E-state index contributed by atoms with van der Waals surface area (Å²) in [7, 11) is 1.88. The quantitative estimate of drug-likeness (QED) is 0.943. The molecule has 0 radical (unpaired) electrons. The van der Waals surface area contributed by atoms with Gasteiger partial charge >= 0.3 is 6.01 Å². The van der Waals surface area contributed by atoms with Crippen LogP contribution in [-0.2, 0) is 6.54 Å². The molecule has 0 spiro atoms. The van der Waals surface area contributed by atoms with Crippen molar-refractivity contribution in [3.05, 3.63) is 46.2 Å². The highest BCUT2D eigenvalue weighted by atomic mass is 79.9. The van der Waals surface area contributed by atoms with Crippen molar-refractivity contribution in [3.8, 4) is 11.8 Å².